The molecule has 2 aromatic heterocycles. The number of benzene rings is 3. The molecule has 0 bridgehead atoms. The van der Waals surface area contributed by atoms with E-state index in [4.69, 9.17) is 37.3 Å². The molecule has 6 rings (SSSR count). The fraction of sp³-hybridized carbons (Fsp3) is 0.121. The van der Waals surface area contributed by atoms with Gasteiger partial charge in [0.1, 0.15) is 11.5 Å². The first kappa shape index (κ1) is 29.3. The van der Waals surface area contributed by atoms with Crippen molar-refractivity contribution in [1.82, 2.24) is 4.57 Å². The van der Waals surface area contributed by atoms with Crippen LogP contribution in [0.3, 0.4) is 0 Å². The highest BCUT2D eigenvalue weighted by Gasteiger charge is 2.35. The predicted octanol–water partition coefficient (Wildman–Crippen LogP) is 7.22. The van der Waals surface area contributed by atoms with E-state index >= 15 is 0 Å². The Labute approximate surface area is 265 Å². The minimum absolute atomic E-state index is 0.187. The van der Waals surface area contributed by atoms with Crippen LogP contribution in [-0.4, -0.2) is 23.4 Å². The van der Waals surface area contributed by atoms with E-state index in [1.54, 1.807) is 47.5 Å². The highest BCUT2D eigenvalue weighted by Crippen LogP contribution is 2.36. The second kappa shape index (κ2) is 12.4. The number of carbonyl (C=O) groups is 1. The van der Waals surface area contributed by atoms with Gasteiger partial charge in [0, 0.05) is 22.1 Å². The Morgan fingerprint density at radius 3 is 2.49 bits per heavy atom. The number of fused-ring (bicyclic) bond motifs is 1. The van der Waals surface area contributed by atoms with Crippen molar-refractivity contribution in [1.29, 1.82) is 0 Å². The number of furan rings is 1. The normalized spacial score (nSPS) is 14.9. The Hall–Kier alpha value is -3.82. The van der Waals surface area contributed by atoms with Crippen LogP contribution in [0.25, 0.3) is 23.1 Å². The zero-order valence-electron chi connectivity index (χ0n) is 23.0. The van der Waals surface area contributed by atoms with Crippen molar-refractivity contribution in [2.24, 2.45) is 4.99 Å². The summed E-state index contributed by atoms with van der Waals surface area (Å²) in [6, 6.07) is 25.4. The maximum atomic E-state index is 14.1. The third kappa shape index (κ3) is 5.76. The SMILES string of the molecule is CCOC(=O)C1=C(c2ccccc2)N=c2s/c(=C\c3ccc(-c4ccc(Cl)c(Cl)c4)o3)c(=O)n2C1c1ccc(SC)cc1. The molecule has 10 heteroatoms. The number of nitrogens with zero attached hydrogens (tertiary/aromatic N) is 2. The van der Waals surface area contributed by atoms with Crippen molar-refractivity contribution in [3.8, 4) is 11.3 Å². The number of ether oxygens (including phenoxy) is 1. The molecule has 0 amide bonds. The first-order chi connectivity index (χ1) is 20.9. The third-order valence-corrected chi connectivity index (χ3v) is 9.38. The van der Waals surface area contributed by atoms with Crippen LogP contribution >= 0.6 is 46.3 Å². The Balaban J connectivity index is 1.55. The fourth-order valence-corrected chi connectivity index (χ4v) is 6.59. The number of hydrogen-bond donors (Lipinski definition) is 0. The van der Waals surface area contributed by atoms with Crippen molar-refractivity contribution in [3.05, 3.63) is 137 Å². The molecule has 3 aromatic carbocycles. The monoisotopic (exact) mass is 646 g/mol. The maximum Gasteiger partial charge on any atom is 0.338 e. The molecular formula is C33H24Cl2N2O4S2. The lowest BCUT2D eigenvalue weighted by Gasteiger charge is -2.26. The molecule has 43 heavy (non-hydrogen) atoms. The van der Waals surface area contributed by atoms with E-state index in [1.807, 2.05) is 73.0 Å². The average Bonchev–Trinajstić information content (AvgIpc) is 3.62. The lowest BCUT2D eigenvalue weighted by Crippen LogP contribution is -2.40. The van der Waals surface area contributed by atoms with E-state index in [2.05, 4.69) is 0 Å². The van der Waals surface area contributed by atoms with Crippen LogP contribution in [0, 0.1) is 0 Å². The van der Waals surface area contributed by atoms with Gasteiger partial charge in [-0.2, -0.15) is 0 Å². The molecule has 216 valence electrons. The Kier molecular flexibility index (Phi) is 8.45. The first-order valence-electron chi connectivity index (χ1n) is 13.4. The van der Waals surface area contributed by atoms with Gasteiger partial charge in [0.05, 0.1) is 38.5 Å². The van der Waals surface area contributed by atoms with E-state index in [1.165, 1.54) is 11.3 Å². The zero-order chi connectivity index (χ0) is 30.1. The Morgan fingerprint density at radius 1 is 1.02 bits per heavy atom. The van der Waals surface area contributed by atoms with Crippen LogP contribution in [-0.2, 0) is 9.53 Å². The third-order valence-electron chi connectivity index (χ3n) is 6.91. The first-order valence-corrected chi connectivity index (χ1v) is 16.2. The quantitative estimate of drug-likeness (QED) is 0.138. The summed E-state index contributed by atoms with van der Waals surface area (Å²) in [6.45, 7) is 1.94. The smallest absolute Gasteiger partial charge is 0.338 e. The van der Waals surface area contributed by atoms with Gasteiger partial charge in [-0.25, -0.2) is 9.79 Å². The average molecular weight is 648 g/mol. The van der Waals surface area contributed by atoms with Gasteiger partial charge in [-0.05, 0) is 61.2 Å². The molecule has 1 unspecified atom stereocenters. The minimum Gasteiger partial charge on any atom is -0.463 e. The summed E-state index contributed by atoms with van der Waals surface area (Å²) in [5, 5.41) is 0.871. The van der Waals surface area contributed by atoms with Gasteiger partial charge in [0.15, 0.2) is 4.80 Å². The molecule has 0 aliphatic carbocycles. The molecule has 1 atom stereocenters. The second-order valence-corrected chi connectivity index (χ2v) is 12.2. The van der Waals surface area contributed by atoms with Crippen molar-refractivity contribution in [3.63, 3.8) is 0 Å². The molecule has 1 aliphatic rings. The number of hydrogen-bond acceptors (Lipinski definition) is 7. The molecule has 0 saturated heterocycles. The van der Waals surface area contributed by atoms with E-state index < -0.39 is 12.0 Å². The molecule has 6 nitrogen and oxygen atoms in total. The highest BCUT2D eigenvalue weighted by molar-refractivity contribution is 7.98. The lowest BCUT2D eigenvalue weighted by molar-refractivity contribution is -0.138. The molecule has 0 N–H and O–H groups in total. The molecule has 0 saturated carbocycles. The fourth-order valence-electron chi connectivity index (χ4n) is 4.91. The van der Waals surface area contributed by atoms with Crippen LogP contribution in [0.5, 0.6) is 0 Å². The van der Waals surface area contributed by atoms with Gasteiger partial charge in [-0.1, -0.05) is 77.0 Å². The molecule has 0 fully saturated rings. The van der Waals surface area contributed by atoms with Gasteiger partial charge in [0.25, 0.3) is 5.56 Å². The molecule has 5 aromatic rings. The van der Waals surface area contributed by atoms with E-state index in [0.29, 0.717) is 42.2 Å². The summed E-state index contributed by atoms with van der Waals surface area (Å²) in [5.74, 6) is 0.552. The summed E-state index contributed by atoms with van der Waals surface area (Å²) < 4.78 is 13.6. The van der Waals surface area contributed by atoms with E-state index in [-0.39, 0.29) is 12.2 Å². The number of aromatic nitrogens is 1. The number of rotatable bonds is 7. The van der Waals surface area contributed by atoms with Crippen LogP contribution in [0.1, 0.15) is 29.9 Å². The topological polar surface area (TPSA) is 73.8 Å². The van der Waals surface area contributed by atoms with Crippen molar-refractivity contribution in [2.45, 2.75) is 17.9 Å². The summed E-state index contributed by atoms with van der Waals surface area (Å²) in [4.78, 5) is 34.1. The maximum absolute atomic E-state index is 14.1. The van der Waals surface area contributed by atoms with Gasteiger partial charge >= 0.3 is 5.97 Å². The summed E-state index contributed by atoms with van der Waals surface area (Å²) in [5.41, 5.74) is 2.79. The van der Waals surface area contributed by atoms with Gasteiger partial charge in [-0.3, -0.25) is 9.36 Å². The molecule has 3 heterocycles. The lowest BCUT2D eigenvalue weighted by atomic mass is 9.93. The number of thiazole rings is 1. The zero-order valence-corrected chi connectivity index (χ0v) is 26.2. The van der Waals surface area contributed by atoms with Gasteiger partial charge in [0.2, 0.25) is 0 Å². The Bertz CT molecular complexity index is 2040. The molecule has 0 radical (unpaired) electrons. The van der Waals surface area contributed by atoms with Crippen LogP contribution in [0.15, 0.2) is 110 Å². The van der Waals surface area contributed by atoms with E-state index in [9.17, 15) is 9.59 Å². The summed E-state index contributed by atoms with van der Waals surface area (Å²) >= 11 is 15.1. The van der Waals surface area contributed by atoms with Crippen LogP contribution in [0.4, 0.5) is 0 Å². The van der Waals surface area contributed by atoms with E-state index in [0.717, 1.165) is 21.6 Å². The van der Waals surface area contributed by atoms with Crippen molar-refractivity contribution >= 4 is 64.0 Å². The van der Waals surface area contributed by atoms with Crippen LogP contribution in [0.2, 0.25) is 10.0 Å². The molecule has 1 aliphatic heterocycles. The molecule has 0 spiro atoms. The van der Waals surface area contributed by atoms with Gasteiger partial charge in [-0.15, -0.1) is 11.8 Å². The summed E-state index contributed by atoms with van der Waals surface area (Å²) in [6.07, 6.45) is 3.69. The van der Waals surface area contributed by atoms with Crippen molar-refractivity contribution < 1.29 is 13.9 Å². The Morgan fingerprint density at radius 2 is 1.79 bits per heavy atom. The minimum atomic E-state index is -0.744. The predicted molar refractivity (Wildman–Crippen MR) is 173 cm³/mol. The number of halogens is 2. The molecular weight excluding hydrogens is 623 g/mol. The number of thioether (sulfide) groups is 1. The summed E-state index contributed by atoms with van der Waals surface area (Å²) in [7, 11) is 0. The standard InChI is InChI=1S/C33H24Cl2N2O4S2/c1-3-40-32(39)28-29(19-7-5-4-6-8-19)36-33-37(30(28)20-9-13-23(42-2)14-10-20)31(38)27(43-33)18-22-12-16-26(41-22)21-11-15-24(34)25(35)17-21/h4-18,30H,3H2,1-2H3/b27-18-. The largest absolute Gasteiger partial charge is 0.463 e. The van der Waals surface area contributed by atoms with Crippen LogP contribution < -0.4 is 14.9 Å². The number of carbonyl (C=O) groups excluding carboxylic acids is 1. The number of esters is 1. The van der Waals surface area contributed by atoms with Gasteiger partial charge < -0.3 is 9.15 Å². The highest BCUT2D eigenvalue weighted by atomic mass is 35.5. The van der Waals surface area contributed by atoms with Crippen molar-refractivity contribution in [2.75, 3.05) is 12.9 Å². The second-order valence-electron chi connectivity index (χ2n) is 9.54.